The lowest BCUT2D eigenvalue weighted by Gasteiger charge is -2.36. The van der Waals surface area contributed by atoms with Crippen LogP contribution in [-0.4, -0.2) is 56.5 Å². The number of rotatable bonds is 6. The Balaban J connectivity index is 1.43. The molecule has 0 spiro atoms. The van der Waals surface area contributed by atoms with Gasteiger partial charge in [-0.2, -0.15) is 0 Å². The molecule has 1 heterocycles. The minimum atomic E-state index is -0.181. The molecule has 2 aromatic carbocycles. The molecule has 2 aromatic rings. The lowest BCUT2D eigenvalue weighted by Crippen LogP contribution is -2.51. The van der Waals surface area contributed by atoms with Gasteiger partial charge in [0.05, 0.1) is 20.1 Å². The summed E-state index contributed by atoms with van der Waals surface area (Å²) >= 11 is 6.05. The van der Waals surface area contributed by atoms with Crippen molar-refractivity contribution in [3.63, 3.8) is 0 Å². The Labute approximate surface area is 170 Å². The molecule has 0 radical (unpaired) electrons. The first-order valence-corrected chi connectivity index (χ1v) is 9.61. The van der Waals surface area contributed by atoms with E-state index < -0.39 is 0 Å². The van der Waals surface area contributed by atoms with Crippen LogP contribution < -0.4 is 15.0 Å². The highest BCUT2D eigenvalue weighted by molar-refractivity contribution is 6.30. The zero-order valence-electron chi connectivity index (χ0n) is 15.9. The lowest BCUT2D eigenvalue weighted by atomic mass is 10.1. The maximum Gasteiger partial charge on any atom is 0.242 e. The number of hydrogen-bond donors (Lipinski definition) is 1. The average molecular weight is 402 g/mol. The first-order valence-electron chi connectivity index (χ1n) is 9.23. The van der Waals surface area contributed by atoms with Crippen LogP contribution in [-0.2, 0) is 16.0 Å². The fourth-order valence-electron chi connectivity index (χ4n) is 3.20. The van der Waals surface area contributed by atoms with Gasteiger partial charge in [-0.1, -0.05) is 29.8 Å². The Kier molecular flexibility index (Phi) is 6.76. The quantitative estimate of drug-likeness (QED) is 0.807. The number of carbonyl (C=O) groups excluding carboxylic acids is 2. The number of halogens is 1. The van der Waals surface area contributed by atoms with E-state index in [-0.39, 0.29) is 24.8 Å². The maximum absolute atomic E-state index is 12.4. The summed E-state index contributed by atoms with van der Waals surface area (Å²) in [4.78, 5) is 28.5. The van der Waals surface area contributed by atoms with Crippen molar-refractivity contribution in [3.8, 4) is 5.75 Å². The monoisotopic (exact) mass is 401 g/mol. The van der Waals surface area contributed by atoms with Gasteiger partial charge in [0.1, 0.15) is 5.75 Å². The van der Waals surface area contributed by atoms with Crippen molar-refractivity contribution in [2.24, 2.45) is 0 Å². The minimum Gasteiger partial charge on any atom is -0.497 e. The van der Waals surface area contributed by atoms with Crippen LogP contribution in [0.25, 0.3) is 0 Å². The predicted molar refractivity (Wildman–Crippen MR) is 110 cm³/mol. The third kappa shape index (κ3) is 5.39. The van der Waals surface area contributed by atoms with Gasteiger partial charge in [-0.25, -0.2) is 0 Å². The van der Waals surface area contributed by atoms with Crippen molar-refractivity contribution in [1.82, 2.24) is 10.2 Å². The van der Waals surface area contributed by atoms with Gasteiger partial charge in [-0.15, -0.1) is 0 Å². The van der Waals surface area contributed by atoms with Crippen molar-refractivity contribution < 1.29 is 14.3 Å². The van der Waals surface area contributed by atoms with Gasteiger partial charge in [-0.05, 0) is 35.9 Å². The minimum absolute atomic E-state index is 0.0139. The van der Waals surface area contributed by atoms with Gasteiger partial charge in [-0.3, -0.25) is 9.59 Å². The smallest absolute Gasteiger partial charge is 0.242 e. The molecular weight excluding hydrogens is 378 g/mol. The van der Waals surface area contributed by atoms with E-state index in [1.54, 1.807) is 12.0 Å². The number of methoxy groups -OCH3 is 1. The van der Waals surface area contributed by atoms with Crippen molar-refractivity contribution in [3.05, 3.63) is 59.1 Å². The summed E-state index contributed by atoms with van der Waals surface area (Å²) in [6, 6.07) is 15.1. The molecule has 148 valence electrons. The average Bonchev–Trinajstić information content (AvgIpc) is 2.72. The van der Waals surface area contributed by atoms with E-state index in [0.29, 0.717) is 23.9 Å². The molecule has 0 aliphatic carbocycles. The largest absolute Gasteiger partial charge is 0.497 e. The molecule has 0 bridgehead atoms. The van der Waals surface area contributed by atoms with Crippen LogP contribution in [0.4, 0.5) is 5.69 Å². The first-order chi connectivity index (χ1) is 13.5. The normalized spacial score (nSPS) is 13.9. The molecule has 3 rings (SSSR count). The van der Waals surface area contributed by atoms with E-state index in [4.69, 9.17) is 16.3 Å². The predicted octanol–water partition coefficient (Wildman–Crippen LogP) is 2.36. The van der Waals surface area contributed by atoms with E-state index in [9.17, 15) is 9.59 Å². The molecule has 2 amide bonds. The molecule has 1 saturated heterocycles. The number of hydrogen-bond acceptors (Lipinski definition) is 4. The molecule has 1 fully saturated rings. The molecule has 28 heavy (non-hydrogen) atoms. The van der Waals surface area contributed by atoms with Gasteiger partial charge in [0.2, 0.25) is 11.8 Å². The van der Waals surface area contributed by atoms with Crippen LogP contribution in [0.15, 0.2) is 48.5 Å². The highest BCUT2D eigenvalue weighted by Gasteiger charge is 2.21. The van der Waals surface area contributed by atoms with Crippen LogP contribution in [0.2, 0.25) is 5.02 Å². The number of ether oxygens (including phenoxy) is 1. The Morgan fingerprint density at radius 2 is 1.82 bits per heavy atom. The van der Waals surface area contributed by atoms with Gasteiger partial charge in [0.25, 0.3) is 0 Å². The van der Waals surface area contributed by atoms with Gasteiger partial charge in [0.15, 0.2) is 0 Å². The molecule has 0 aromatic heterocycles. The maximum atomic E-state index is 12.4. The summed E-state index contributed by atoms with van der Waals surface area (Å²) in [7, 11) is 1.59. The van der Waals surface area contributed by atoms with E-state index in [2.05, 4.69) is 10.2 Å². The summed E-state index contributed by atoms with van der Waals surface area (Å²) < 4.78 is 5.16. The Morgan fingerprint density at radius 1 is 1.07 bits per heavy atom. The third-order valence-electron chi connectivity index (χ3n) is 4.74. The van der Waals surface area contributed by atoms with Crippen LogP contribution in [0.3, 0.4) is 0 Å². The molecular formula is C21H24ClN3O3. The Hall–Kier alpha value is -2.73. The molecule has 0 saturated carbocycles. The number of amides is 2. The van der Waals surface area contributed by atoms with Crippen LogP contribution in [0.1, 0.15) is 5.56 Å². The number of benzene rings is 2. The number of carbonyl (C=O) groups is 2. The lowest BCUT2D eigenvalue weighted by molar-refractivity contribution is -0.133. The second-order valence-corrected chi connectivity index (χ2v) is 7.09. The molecule has 1 aliphatic rings. The van der Waals surface area contributed by atoms with Crippen molar-refractivity contribution in [1.29, 1.82) is 0 Å². The SMILES string of the molecule is COc1cccc(CC(=O)NCC(=O)N2CCN(c3cccc(Cl)c3)CC2)c1. The van der Waals surface area contributed by atoms with Crippen molar-refractivity contribution in [2.45, 2.75) is 6.42 Å². The highest BCUT2D eigenvalue weighted by Crippen LogP contribution is 2.20. The number of nitrogens with zero attached hydrogens (tertiary/aromatic N) is 2. The van der Waals surface area contributed by atoms with Gasteiger partial charge in [0, 0.05) is 36.9 Å². The fourth-order valence-corrected chi connectivity index (χ4v) is 3.39. The number of nitrogens with one attached hydrogen (secondary N) is 1. The van der Waals surface area contributed by atoms with Gasteiger partial charge >= 0.3 is 0 Å². The third-order valence-corrected chi connectivity index (χ3v) is 4.98. The van der Waals surface area contributed by atoms with E-state index in [1.807, 2.05) is 48.5 Å². The molecule has 0 atom stereocenters. The van der Waals surface area contributed by atoms with E-state index >= 15 is 0 Å². The second-order valence-electron chi connectivity index (χ2n) is 6.65. The Bertz CT molecular complexity index is 835. The summed E-state index contributed by atoms with van der Waals surface area (Å²) in [6.45, 7) is 2.74. The molecule has 6 nitrogen and oxygen atoms in total. The van der Waals surface area contributed by atoms with Crippen LogP contribution >= 0.6 is 11.6 Å². The second kappa shape index (κ2) is 9.46. The molecule has 0 unspecified atom stereocenters. The zero-order chi connectivity index (χ0) is 19.9. The van der Waals surface area contributed by atoms with Crippen LogP contribution in [0.5, 0.6) is 5.75 Å². The van der Waals surface area contributed by atoms with E-state index in [0.717, 1.165) is 24.3 Å². The van der Waals surface area contributed by atoms with E-state index in [1.165, 1.54) is 0 Å². The summed E-state index contributed by atoms with van der Waals surface area (Å²) in [5, 5.41) is 3.42. The van der Waals surface area contributed by atoms with Gasteiger partial charge < -0.3 is 19.9 Å². The summed E-state index contributed by atoms with van der Waals surface area (Å²) in [6.07, 6.45) is 0.215. The molecule has 1 N–H and O–H groups in total. The summed E-state index contributed by atoms with van der Waals surface area (Å²) in [5.74, 6) is 0.461. The Morgan fingerprint density at radius 3 is 2.54 bits per heavy atom. The fraction of sp³-hybridized carbons (Fsp3) is 0.333. The first kappa shape index (κ1) is 20.0. The summed E-state index contributed by atoms with van der Waals surface area (Å²) in [5.41, 5.74) is 1.91. The molecule has 7 heteroatoms. The highest BCUT2D eigenvalue weighted by atomic mass is 35.5. The number of anilines is 1. The topological polar surface area (TPSA) is 61.9 Å². The number of piperazine rings is 1. The van der Waals surface area contributed by atoms with Crippen molar-refractivity contribution in [2.75, 3.05) is 44.7 Å². The molecule has 1 aliphatic heterocycles. The zero-order valence-corrected chi connectivity index (χ0v) is 16.6. The van der Waals surface area contributed by atoms with Crippen LogP contribution in [0, 0.1) is 0 Å². The standard InChI is InChI=1S/C21H24ClN3O3/c1-28-19-7-2-4-16(12-19)13-20(26)23-15-21(27)25-10-8-24(9-11-25)18-6-3-5-17(22)14-18/h2-7,12,14H,8-11,13,15H2,1H3,(H,23,26). The van der Waals surface area contributed by atoms with Crippen molar-refractivity contribution >= 4 is 29.1 Å².